The third kappa shape index (κ3) is 2.75. The van der Waals surface area contributed by atoms with Crippen molar-refractivity contribution in [2.24, 2.45) is 0 Å². The van der Waals surface area contributed by atoms with Gasteiger partial charge >= 0.3 is 0 Å². The van der Waals surface area contributed by atoms with Crippen molar-refractivity contribution in [3.63, 3.8) is 0 Å². The number of benzene rings is 2. The van der Waals surface area contributed by atoms with E-state index in [2.05, 4.69) is 4.98 Å². The Morgan fingerprint density at radius 1 is 1.14 bits per heavy atom. The lowest BCUT2D eigenvalue weighted by Crippen LogP contribution is -2.00. The van der Waals surface area contributed by atoms with Gasteiger partial charge in [0.2, 0.25) is 0 Å². The number of hydrogen-bond donors (Lipinski definition) is 1. The molecule has 0 aliphatic rings. The Morgan fingerprint density at radius 2 is 1.86 bits per heavy atom. The molecule has 0 aliphatic carbocycles. The van der Waals surface area contributed by atoms with Crippen molar-refractivity contribution < 1.29 is 8.42 Å². The van der Waals surface area contributed by atoms with Gasteiger partial charge in [-0.3, -0.25) is 0 Å². The first kappa shape index (κ1) is 13.6. The molecule has 0 radical (unpaired) electrons. The van der Waals surface area contributed by atoms with Crippen molar-refractivity contribution in [3.05, 3.63) is 54.4 Å². The number of nitrogen functional groups attached to an aromatic ring is 1. The van der Waals surface area contributed by atoms with Gasteiger partial charge in [0, 0.05) is 18.5 Å². The van der Waals surface area contributed by atoms with E-state index >= 15 is 0 Å². The van der Waals surface area contributed by atoms with E-state index < -0.39 is 9.84 Å². The molecule has 6 heteroatoms. The molecule has 5 nitrogen and oxygen atoms in total. The molecule has 0 bridgehead atoms. The average molecular weight is 301 g/mol. The zero-order valence-corrected chi connectivity index (χ0v) is 12.3. The monoisotopic (exact) mass is 301 g/mol. The molecule has 108 valence electrons. The van der Waals surface area contributed by atoms with E-state index in [1.54, 1.807) is 18.5 Å². The van der Waals surface area contributed by atoms with Crippen LogP contribution in [0.3, 0.4) is 0 Å². The number of aromatic nitrogens is 2. The molecular weight excluding hydrogens is 286 g/mol. The van der Waals surface area contributed by atoms with Crippen molar-refractivity contribution in [1.82, 2.24) is 9.55 Å². The summed E-state index contributed by atoms with van der Waals surface area (Å²) in [5, 5.41) is 0. The number of sulfone groups is 1. The summed E-state index contributed by atoms with van der Waals surface area (Å²) in [4.78, 5) is 4.65. The lowest BCUT2D eigenvalue weighted by atomic mass is 10.2. The lowest BCUT2D eigenvalue weighted by molar-refractivity contribution is 0.602. The molecule has 0 aliphatic heterocycles. The summed E-state index contributed by atoms with van der Waals surface area (Å²) in [5.74, 6) is 0. The standard InChI is InChI=1S/C15H15N3O2S/c1-21(19,20)13-5-2-11(3-6-13)9-18-10-17-14-8-12(16)4-7-15(14)18/h2-8,10H,9,16H2,1H3. The molecule has 1 heterocycles. The SMILES string of the molecule is CS(=O)(=O)c1ccc(Cn2cnc3cc(N)ccc32)cc1. The predicted molar refractivity (Wildman–Crippen MR) is 82.8 cm³/mol. The number of nitrogens with zero attached hydrogens (tertiary/aromatic N) is 2. The van der Waals surface area contributed by atoms with Crippen LogP contribution < -0.4 is 5.73 Å². The van der Waals surface area contributed by atoms with E-state index in [1.165, 1.54) is 6.26 Å². The summed E-state index contributed by atoms with van der Waals surface area (Å²) in [5.41, 5.74) is 9.28. The third-order valence-electron chi connectivity index (χ3n) is 3.35. The summed E-state index contributed by atoms with van der Waals surface area (Å²) < 4.78 is 24.9. The number of imidazole rings is 1. The molecule has 0 unspecified atom stereocenters. The number of rotatable bonds is 3. The average Bonchev–Trinajstić information content (AvgIpc) is 2.80. The zero-order chi connectivity index (χ0) is 15.0. The van der Waals surface area contributed by atoms with Gasteiger partial charge in [-0.2, -0.15) is 0 Å². The molecule has 21 heavy (non-hydrogen) atoms. The molecule has 0 fully saturated rings. The second kappa shape index (κ2) is 4.89. The normalized spacial score (nSPS) is 11.9. The van der Waals surface area contributed by atoms with Crippen LogP contribution in [-0.2, 0) is 16.4 Å². The summed E-state index contributed by atoms with van der Waals surface area (Å²) >= 11 is 0. The van der Waals surface area contributed by atoms with Crippen molar-refractivity contribution >= 4 is 26.6 Å². The van der Waals surface area contributed by atoms with Gasteiger partial charge in [0.1, 0.15) is 0 Å². The van der Waals surface area contributed by atoms with E-state index in [9.17, 15) is 8.42 Å². The van der Waals surface area contributed by atoms with E-state index in [-0.39, 0.29) is 0 Å². The van der Waals surface area contributed by atoms with Crippen LogP contribution in [0.5, 0.6) is 0 Å². The summed E-state index contributed by atoms with van der Waals surface area (Å²) in [6, 6.07) is 12.5. The van der Waals surface area contributed by atoms with Crippen LogP contribution >= 0.6 is 0 Å². The second-order valence-corrected chi connectivity index (χ2v) is 7.05. The fraction of sp³-hybridized carbons (Fsp3) is 0.133. The highest BCUT2D eigenvalue weighted by atomic mass is 32.2. The van der Waals surface area contributed by atoms with Gasteiger partial charge in [-0.15, -0.1) is 0 Å². The molecule has 0 saturated heterocycles. The Kier molecular flexibility index (Phi) is 3.17. The first-order chi connectivity index (χ1) is 9.93. The smallest absolute Gasteiger partial charge is 0.175 e. The van der Waals surface area contributed by atoms with Crippen molar-refractivity contribution in [2.75, 3.05) is 12.0 Å². The first-order valence-electron chi connectivity index (χ1n) is 6.43. The van der Waals surface area contributed by atoms with Crippen molar-refractivity contribution in [1.29, 1.82) is 0 Å². The maximum atomic E-state index is 11.4. The van der Waals surface area contributed by atoms with Crippen LogP contribution in [0.15, 0.2) is 53.7 Å². The molecule has 0 spiro atoms. The van der Waals surface area contributed by atoms with Crippen LogP contribution in [0.25, 0.3) is 11.0 Å². The van der Waals surface area contributed by atoms with Gasteiger partial charge in [0.15, 0.2) is 9.84 Å². The zero-order valence-electron chi connectivity index (χ0n) is 11.5. The van der Waals surface area contributed by atoms with Gasteiger partial charge < -0.3 is 10.3 Å². The molecule has 0 saturated carbocycles. The van der Waals surface area contributed by atoms with E-state index in [1.807, 2.05) is 34.9 Å². The minimum Gasteiger partial charge on any atom is -0.399 e. The third-order valence-corrected chi connectivity index (χ3v) is 4.48. The minimum atomic E-state index is -3.15. The number of hydrogen-bond acceptors (Lipinski definition) is 4. The molecular formula is C15H15N3O2S. The van der Waals surface area contributed by atoms with Gasteiger partial charge in [-0.05, 0) is 35.9 Å². The molecule has 2 aromatic carbocycles. The quantitative estimate of drug-likeness (QED) is 0.751. The summed E-state index contributed by atoms with van der Waals surface area (Å²) in [6.07, 6.45) is 2.96. The molecule has 1 aromatic heterocycles. The van der Waals surface area contributed by atoms with E-state index in [0.29, 0.717) is 17.1 Å². The molecule has 3 aromatic rings. The van der Waals surface area contributed by atoms with Gasteiger partial charge in [0.25, 0.3) is 0 Å². The fourth-order valence-electron chi connectivity index (χ4n) is 2.25. The number of nitrogens with two attached hydrogens (primary N) is 1. The molecule has 0 amide bonds. The predicted octanol–water partition coefficient (Wildman–Crippen LogP) is 2.07. The van der Waals surface area contributed by atoms with Crippen molar-refractivity contribution in [2.45, 2.75) is 11.4 Å². The molecule has 3 rings (SSSR count). The topological polar surface area (TPSA) is 78.0 Å². The fourth-order valence-corrected chi connectivity index (χ4v) is 2.88. The van der Waals surface area contributed by atoms with Gasteiger partial charge in [-0.1, -0.05) is 12.1 Å². The number of fused-ring (bicyclic) bond motifs is 1. The summed E-state index contributed by atoms with van der Waals surface area (Å²) in [6.45, 7) is 0.629. The maximum Gasteiger partial charge on any atom is 0.175 e. The largest absolute Gasteiger partial charge is 0.399 e. The van der Waals surface area contributed by atoms with Gasteiger partial charge in [0.05, 0.1) is 22.3 Å². The van der Waals surface area contributed by atoms with Crippen LogP contribution in [0.1, 0.15) is 5.56 Å². The molecule has 2 N–H and O–H groups in total. The van der Waals surface area contributed by atoms with Crippen molar-refractivity contribution in [3.8, 4) is 0 Å². The maximum absolute atomic E-state index is 11.4. The van der Waals surface area contributed by atoms with Crippen LogP contribution in [0.2, 0.25) is 0 Å². The molecule has 0 atom stereocenters. The summed E-state index contributed by atoms with van der Waals surface area (Å²) in [7, 11) is -3.15. The Balaban J connectivity index is 1.92. The van der Waals surface area contributed by atoms with E-state index in [4.69, 9.17) is 5.73 Å². The Bertz CT molecular complexity index is 896. The second-order valence-electron chi connectivity index (χ2n) is 5.04. The van der Waals surface area contributed by atoms with Crippen LogP contribution in [0, 0.1) is 0 Å². The van der Waals surface area contributed by atoms with E-state index in [0.717, 1.165) is 16.6 Å². The Morgan fingerprint density at radius 3 is 2.52 bits per heavy atom. The van der Waals surface area contributed by atoms with Crippen LogP contribution in [0.4, 0.5) is 5.69 Å². The highest BCUT2D eigenvalue weighted by Gasteiger charge is 2.07. The van der Waals surface area contributed by atoms with Gasteiger partial charge in [-0.25, -0.2) is 13.4 Å². The Hall–Kier alpha value is -2.34. The highest BCUT2D eigenvalue weighted by Crippen LogP contribution is 2.18. The Labute approximate surface area is 123 Å². The minimum absolute atomic E-state index is 0.328. The highest BCUT2D eigenvalue weighted by molar-refractivity contribution is 7.90. The lowest BCUT2D eigenvalue weighted by Gasteiger charge is -2.06. The van der Waals surface area contributed by atoms with Crippen LogP contribution in [-0.4, -0.2) is 24.2 Å². The first-order valence-corrected chi connectivity index (χ1v) is 8.32. The number of anilines is 1.